The van der Waals surface area contributed by atoms with Crippen LogP contribution in [0.3, 0.4) is 0 Å². The van der Waals surface area contributed by atoms with Crippen LogP contribution >= 0.6 is 0 Å². The highest BCUT2D eigenvalue weighted by Crippen LogP contribution is 2.34. The smallest absolute Gasteiger partial charge is 0.0809 e. The molecule has 2 heterocycles. The maximum absolute atomic E-state index is 5.02. The van der Waals surface area contributed by atoms with Gasteiger partial charge in [-0.3, -0.25) is 4.98 Å². The molecule has 2 nitrogen and oxygen atoms in total. The maximum atomic E-state index is 5.02. The summed E-state index contributed by atoms with van der Waals surface area (Å²) in [5.74, 6) is 0. The van der Waals surface area contributed by atoms with Crippen molar-refractivity contribution in [2.45, 2.75) is 6.42 Å². The summed E-state index contributed by atoms with van der Waals surface area (Å²) >= 11 is 0. The van der Waals surface area contributed by atoms with Gasteiger partial charge in [-0.25, -0.2) is 4.98 Å². The largest absolute Gasteiger partial charge is 0.256 e. The van der Waals surface area contributed by atoms with Crippen LogP contribution in [0.25, 0.3) is 39.1 Å². The van der Waals surface area contributed by atoms with E-state index in [9.17, 15) is 0 Å². The molecule has 118 valence electrons. The summed E-state index contributed by atoms with van der Waals surface area (Å²) in [6.45, 7) is 0. The molecule has 1 aliphatic carbocycles. The van der Waals surface area contributed by atoms with Gasteiger partial charge in [0.25, 0.3) is 0 Å². The van der Waals surface area contributed by atoms with E-state index < -0.39 is 0 Å². The lowest BCUT2D eigenvalue weighted by atomic mass is 9.95. The molecule has 25 heavy (non-hydrogen) atoms. The lowest BCUT2D eigenvalue weighted by molar-refractivity contribution is 1.26. The van der Waals surface area contributed by atoms with E-state index in [4.69, 9.17) is 4.98 Å². The maximum Gasteiger partial charge on any atom is 0.0809 e. The molecule has 0 saturated carbocycles. The molecular formula is C23H16N2. The van der Waals surface area contributed by atoms with Crippen molar-refractivity contribution in [2.24, 2.45) is 0 Å². The number of allylic oxidation sites excluding steroid dienone is 3. The van der Waals surface area contributed by atoms with Crippen molar-refractivity contribution in [3.63, 3.8) is 0 Å². The molecule has 2 aromatic heterocycles. The second-order valence-corrected chi connectivity index (χ2v) is 6.24. The van der Waals surface area contributed by atoms with Gasteiger partial charge in [0.15, 0.2) is 0 Å². The second-order valence-electron chi connectivity index (χ2n) is 6.24. The first-order valence-corrected chi connectivity index (χ1v) is 8.51. The van der Waals surface area contributed by atoms with Crippen molar-refractivity contribution < 1.29 is 0 Å². The minimum absolute atomic E-state index is 0.895. The standard InChI is InChI=1S/C23H16N2/c1-3-8-16(9-4-1)21-14-13-19-17-10-5-2-6-11-18(17)22-20(23(19)25-21)12-7-15-24-22/h1-10,12-15H,11H2. The molecule has 0 spiro atoms. The summed E-state index contributed by atoms with van der Waals surface area (Å²) in [4.78, 5) is 9.70. The van der Waals surface area contributed by atoms with Gasteiger partial charge in [0.2, 0.25) is 0 Å². The molecule has 0 unspecified atom stereocenters. The fourth-order valence-corrected chi connectivity index (χ4v) is 3.59. The van der Waals surface area contributed by atoms with Crippen molar-refractivity contribution in [1.29, 1.82) is 0 Å². The van der Waals surface area contributed by atoms with Crippen LogP contribution in [0, 0.1) is 0 Å². The minimum atomic E-state index is 0.895. The van der Waals surface area contributed by atoms with Crippen LogP contribution < -0.4 is 0 Å². The van der Waals surface area contributed by atoms with Crippen LogP contribution in [0.1, 0.15) is 11.1 Å². The number of nitrogens with zero attached hydrogens (tertiary/aromatic N) is 2. The van der Waals surface area contributed by atoms with Crippen molar-refractivity contribution in [2.75, 3.05) is 0 Å². The number of pyridine rings is 2. The minimum Gasteiger partial charge on any atom is -0.256 e. The topological polar surface area (TPSA) is 25.8 Å². The van der Waals surface area contributed by atoms with Gasteiger partial charge in [0.1, 0.15) is 0 Å². The van der Waals surface area contributed by atoms with Crippen molar-refractivity contribution in [3.05, 3.63) is 90.1 Å². The number of aromatic nitrogens is 2. The molecule has 0 aliphatic heterocycles. The zero-order valence-electron chi connectivity index (χ0n) is 13.7. The Labute approximate surface area is 146 Å². The molecule has 2 aromatic carbocycles. The molecule has 0 amide bonds. The molecule has 1 aliphatic rings. The Morgan fingerprint density at radius 2 is 1.68 bits per heavy atom. The molecule has 0 N–H and O–H groups in total. The molecule has 0 bridgehead atoms. The van der Waals surface area contributed by atoms with Crippen LogP contribution in [0.4, 0.5) is 0 Å². The zero-order chi connectivity index (χ0) is 16.6. The summed E-state index contributed by atoms with van der Waals surface area (Å²) in [6, 6.07) is 18.8. The van der Waals surface area contributed by atoms with Crippen LogP contribution in [-0.2, 0) is 6.42 Å². The first-order chi connectivity index (χ1) is 12.4. The van der Waals surface area contributed by atoms with Gasteiger partial charge >= 0.3 is 0 Å². The van der Waals surface area contributed by atoms with E-state index in [-0.39, 0.29) is 0 Å². The van der Waals surface area contributed by atoms with Gasteiger partial charge in [-0.05, 0) is 35.7 Å². The van der Waals surface area contributed by atoms with Crippen LogP contribution in [-0.4, -0.2) is 9.97 Å². The molecule has 0 fully saturated rings. The van der Waals surface area contributed by atoms with Crippen molar-refractivity contribution >= 4 is 27.9 Å². The van der Waals surface area contributed by atoms with E-state index in [0.717, 1.165) is 34.1 Å². The summed E-state index contributed by atoms with van der Waals surface area (Å²) in [5, 5.41) is 2.31. The number of fused-ring (bicyclic) bond motifs is 6. The van der Waals surface area contributed by atoms with E-state index >= 15 is 0 Å². The first kappa shape index (κ1) is 14.1. The Kier molecular flexibility index (Phi) is 3.20. The molecule has 0 atom stereocenters. The predicted octanol–water partition coefficient (Wildman–Crippen LogP) is 5.58. The fourth-order valence-electron chi connectivity index (χ4n) is 3.59. The number of benzene rings is 2. The number of rotatable bonds is 1. The molecule has 2 heteroatoms. The van der Waals surface area contributed by atoms with Gasteiger partial charge in [0, 0.05) is 22.5 Å². The molecule has 5 rings (SSSR count). The molecular weight excluding hydrogens is 304 g/mol. The van der Waals surface area contributed by atoms with E-state index in [1.54, 1.807) is 0 Å². The third kappa shape index (κ3) is 2.26. The van der Waals surface area contributed by atoms with E-state index in [1.807, 2.05) is 30.5 Å². The quantitative estimate of drug-likeness (QED) is 0.428. The Morgan fingerprint density at radius 3 is 2.60 bits per heavy atom. The lowest BCUT2D eigenvalue weighted by Gasteiger charge is -2.13. The highest BCUT2D eigenvalue weighted by molar-refractivity contribution is 6.10. The SMILES string of the molecule is C1=CCc2c(c3ccc(-c4ccccc4)nc3c3cccnc23)C=C1. The highest BCUT2D eigenvalue weighted by atomic mass is 14.7. The third-order valence-electron chi connectivity index (χ3n) is 4.76. The van der Waals surface area contributed by atoms with Gasteiger partial charge in [0.05, 0.1) is 16.7 Å². The van der Waals surface area contributed by atoms with Crippen LogP contribution in [0.2, 0.25) is 0 Å². The van der Waals surface area contributed by atoms with Gasteiger partial charge in [-0.15, -0.1) is 0 Å². The monoisotopic (exact) mass is 320 g/mol. The summed E-state index contributed by atoms with van der Waals surface area (Å²) < 4.78 is 0. The van der Waals surface area contributed by atoms with Crippen molar-refractivity contribution in [3.8, 4) is 11.3 Å². The third-order valence-corrected chi connectivity index (χ3v) is 4.76. The highest BCUT2D eigenvalue weighted by Gasteiger charge is 2.15. The Bertz CT molecular complexity index is 1160. The average molecular weight is 320 g/mol. The number of hydrogen-bond acceptors (Lipinski definition) is 2. The fraction of sp³-hybridized carbons (Fsp3) is 0.0435. The Balaban J connectivity index is 1.90. The number of hydrogen-bond donors (Lipinski definition) is 0. The van der Waals surface area contributed by atoms with E-state index in [2.05, 4.69) is 59.6 Å². The van der Waals surface area contributed by atoms with Gasteiger partial charge in [-0.1, -0.05) is 60.7 Å². The zero-order valence-corrected chi connectivity index (χ0v) is 13.7. The van der Waals surface area contributed by atoms with Crippen LogP contribution in [0.15, 0.2) is 79.0 Å². The molecule has 0 saturated heterocycles. The van der Waals surface area contributed by atoms with Gasteiger partial charge in [-0.2, -0.15) is 0 Å². The summed E-state index contributed by atoms with van der Waals surface area (Å²) in [5.41, 5.74) is 6.72. The average Bonchev–Trinajstić information content (AvgIpc) is 2.95. The van der Waals surface area contributed by atoms with Crippen molar-refractivity contribution in [1.82, 2.24) is 9.97 Å². The summed E-state index contributed by atoms with van der Waals surface area (Å²) in [7, 11) is 0. The summed E-state index contributed by atoms with van der Waals surface area (Å²) in [6.07, 6.45) is 11.3. The van der Waals surface area contributed by atoms with E-state index in [1.165, 1.54) is 16.5 Å². The first-order valence-electron chi connectivity index (χ1n) is 8.51. The lowest BCUT2D eigenvalue weighted by Crippen LogP contribution is -1.96. The van der Waals surface area contributed by atoms with Crippen LogP contribution in [0.5, 0.6) is 0 Å². The van der Waals surface area contributed by atoms with Gasteiger partial charge < -0.3 is 0 Å². The normalized spacial score (nSPS) is 13.1. The Hall–Kier alpha value is -3.26. The predicted molar refractivity (Wildman–Crippen MR) is 104 cm³/mol. The second kappa shape index (κ2) is 5.67. The molecule has 0 radical (unpaired) electrons. The molecule has 4 aromatic rings. The Morgan fingerprint density at radius 1 is 0.760 bits per heavy atom. The van der Waals surface area contributed by atoms with E-state index in [0.29, 0.717) is 0 Å².